The van der Waals surface area contributed by atoms with Crippen molar-refractivity contribution in [3.8, 4) is 0 Å². The summed E-state index contributed by atoms with van der Waals surface area (Å²) in [4.78, 5) is 15.9. The molecule has 0 radical (unpaired) electrons. The summed E-state index contributed by atoms with van der Waals surface area (Å²) >= 11 is 0. The van der Waals surface area contributed by atoms with E-state index < -0.39 is 5.41 Å². The molecular formula is C11H14N4O. The number of primary amides is 1. The molecule has 1 fully saturated rings. The van der Waals surface area contributed by atoms with Crippen LogP contribution in [0.4, 0.5) is 0 Å². The highest BCUT2D eigenvalue weighted by molar-refractivity contribution is 5.92. The number of aromatic amines is 1. The lowest BCUT2D eigenvalue weighted by Crippen LogP contribution is -2.39. The second-order valence-corrected chi connectivity index (χ2v) is 4.59. The number of nitrogens with two attached hydrogens (primary N) is 1. The van der Waals surface area contributed by atoms with Crippen molar-refractivity contribution in [2.75, 3.05) is 0 Å². The summed E-state index contributed by atoms with van der Waals surface area (Å²) in [6.45, 7) is 0.636. The standard InChI is InChI=1S/C11H14N4O/c12-10(16)11(3-1-2-4-11)9-7-5-13-6-8(7)14-15-9/h5H,1-4,6H2,(H2,12,16)(H,14,15). The molecule has 1 aromatic heterocycles. The third-order valence-electron chi connectivity index (χ3n) is 3.73. The molecule has 1 aliphatic heterocycles. The number of carbonyl (C=O) groups is 1. The van der Waals surface area contributed by atoms with Crippen LogP contribution >= 0.6 is 0 Å². The molecule has 3 N–H and O–H groups in total. The zero-order valence-electron chi connectivity index (χ0n) is 8.99. The highest BCUT2D eigenvalue weighted by Gasteiger charge is 2.45. The van der Waals surface area contributed by atoms with Gasteiger partial charge in [0.25, 0.3) is 0 Å². The first-order valence-electron chi connectivity index (χ1n) is 5.61. The molecule has 5 heteroatoms. The number of fused-ring (bicyclic) bond motifs is 1. The van der Waals surface area contributed by atoms with Gasteiger partial charge < -0.3 is 5.73 Å². The fourth-order valence-corrected chi connectivity index (χ4v) is 2.82. The average molecular weight is 218 g/mol. The summed E-state index contributed by atoms with van der Waals surface area (Å²) in [5.41, 5.74) is 7.83. The van der Waals surface area contributed by atoms with Gasteiger partial charge in [-0.05, 0) is 12.8 Å². The molecule has 0 spiro atoms. The normalized spacial score (nSPS) is 21.2. The van der Waals surface area contributed by atoms with E-state index in [2.05, 4.69) is 15.2 Å². The summed E-state index contributed by atoms with van der Waals surface area (Å²) in [7, 11) is 0. The minimum absolute atomic E-state index is 0.250. The maximum Gasteiger partial charge on any atom is 0.229 e. The summed E-state index contributed by atoms with van der Waals surface area (Å²) in [6, 6.07) is 0. The molecule has 1 amide bonds. The Balaban J connectivity index is 2.13. The van der Waals surface area contributed by atoms with Crippen molar-refractivity contribution in [3.63, 3.8) is 0 Å². The first-order chi connectivity index (χ1) is 7.74. The van der Waals surface area contributed by atoms with Crippen LogP contribution < -0.4 is 5.73 Å². The summed E-state index contributed by atoms with van der Waals surface area (Å²) in [5.74, 6) is -0.250. The molecule has 0 aromatic carbocycles. The first-order valence-corrected chi connectivity index (χ1v) is 5.61. The van der Waals surface area contributed by atoms with Gasteiger partial charge in [0.2, 0.25) is 5.91 Å². The van der Waals surface area contributed by atoms with Crippen molar-refractivity contribution in [3.05, 3.63) is 17.0 Å². The number of hydrogen-bond acceptors (Lipinski definition) is 3. The minimum atomic E-state index is -0.555. The van der Waals surface area contributed by atoms with Crippen LogP contribution in [0.1, 0.15) is 42.6 Å². The van der Waals surface area contributed by atoms with Crippen molar-refractivity contribution in [2.45, 2.75) is 37.6 Å². The molecule has 16 heavy (non-hydrogen) atoms. The second-order valence-electron chi connectivity index (χ2n) is 4.59. The topological polar surface area (TPSA) is 84.1 Å². The van der Waals surface area contributed by atoms with Crippen molar-refractivity contribution >= 4 is 12.1 Å². The molecular weight excluding hydrogens is 204 g/mol. The summed E-state index contributed by atoms with van der Waals surface area (Å²) in [5, 5.41) is 7.26. The van der Waals surface area contributed by atoms with Crippen molar-refractivity contribution < 1.29 is 4.79 Å². The van der Waals surface area contributed by atoms with Gasteiger partial charge in [0.05, 0.1) is 23.3 Å². The fourth-order valence-electron chi connectivity index (χ4n) is 2.82. The van der Waals surface area contributed by atoms with Crippen LogP contribution in [-0.4, -0.2) is 22.3 Å². The van der Waals surface area contributed by atoms with Gasteiger partial charge in [-0.1, -0.05) is 12.8 Å². The molecule has 1 saturated carbocycles. The van der Waals surface area contributed by atoms with E-state index >= 15 is 0 Å². The van der Waals surface area contributed by atoms with Crippen LogP contribution in [0.15, 0.2) is 4.99 Å². The number of carbonyl (C=O) groups excluding carboxylic acids is 1. The van der Waals surface area contributed by atoms with Gasteiger partial charge in [-0.2, -0.15) is 5.10 Å². The van der Waals surface area contributed by atoms with E-state index in [0.29, 0.717) is 6.54 Å². The lowest BCUT2D eigenvalue weighted by Gasteiger charge is -2.23. The van der Waals surface area contributed by atoms with Crippen LogP contribution in [0.2, 0.25) is 0 Å². The average Bonchev–Trinajstić information content (AvgIpc) is 2.93. The number of hydrogen-bond donors (Lipinski definition) is 2. The Hall–Kier alpha value is -1.65. The third-order valence-corrected chi connectivity index (χ3v) is 3.73. The Morgan fingerprint density at radius 2 is 2.19 bits per heavy atom. The minimum Gasteiger partial charge on any atom is -0.369 e. The lowest BCUT2D eigenvalue weighted by molar-refractivity contribution is -0.123. The highest BCUT2D eigenvalue weighted by atomic mass is 16.1. The van der Waals surface area contributed by atoms with Gasteiger partial charge in [-0.25, -0.2) is 0 Å². The Kier molecular flexibility index (Phi) is 1.89. The van der Waals surface area contributed by atoms with Gasteiger partial charge in [-0.3, -0.25) is 14.9 Å². The zero-order valence-corrected chi connectivity index (χ0v) is 8.99. The number of nitrogens with one attached hydrogen (secondary N) is 1. The number of rotatable bonds is 2. The molecule has 2 heterocycles. The van der Waals surface area contributed by atoms with Gasteiger partial charge in [0.1, 0.15) is 0 Å². The third kappa shape index (κ3) is 1.08. The number of amides is 1. The van der Waals surface area contributed by atoms with E-state index in [0.717, 1.165) is 42.6 Å². The zero-order chi connectivity index (χ0) is 11.2. The summed E-state index contributed by atoms with van der Waals surface area (Å²) < 4.78 is 0. The monoisotopic (exact) mass is 218 g/mol. The molecule has 0 unspecified atom stereocenters. The van der Waals surface area contributed by atoms with Crippen LogP contribution in [0, 0.1) is 0 Å². The molecule has 1 aromatic rings. The molecule has 84 valence electrons. The Morgan fingerprint density at radius 3 is 2.88 bits per heavy atom. The Labute approximate surface area is 93.1 Å². The molecule has 5 nitrogen and oxygen atoms in total. The van der Waals surface area contributed by atoms with Crippen LogP contribution in [0.3, 0.4) is 0 Å². The van der Waals surface area contributed by atoms with Crippen molar-refractivity contribution in [1.29, 1.82) is 0 Å². The van der Waals surface area contributed by atoms with E-state index in [1.54, 1.807) is 6.21 Å². The highest BCUT2D eigenvalue weighted by Crippen LogP contribution is 2.42. The van der Waals surface area contributed by atoms with Crippen LogP contribution in [0.25, 0.3) is 0 Å². The van der Waals surface area contributed by atoms with E-state index in [1.165, 1.54) is 0 Å². The Morgan fingerprint density at radius 1 is 1.44 bits per heavy atom. The van der Waals surface area contributed by atoms with Gasteiger partial charge >= 0.3 is 0 Å². The van der Waals surface area contributed by atoms with Gasteiger partial charge in [0.15, 0.2) is 0 Å². The molecule has 3 rings (SSSR count). The molecule has 0 bridgehead atoms. The van der Waals surface area contributed by atoms with Gasteiger partial charge in [0, 0.05) is 11.8 Å². The smallest absolute Gasteiger partial charge is 0.229 e. The fraction of sp³-hybridized carbons (Fsp3) is 0.545. The predicted octanol–water partition coefficient (Wildman–Crippen LogP) is 0.639. The number of nitrogens with zero attached hydrogens (tertiary/aromatic N) is 2. The quantitative estimate of drug-likeness (QED) is 0.763. The maximum absolute atomic E-state index is 11.7. The number of H-pyrrole nitrogens is 1. The molecule has 2 aliphatic rings. The molecule has 0 saturated heterocycles. The van der Waals surface area contributed by atoms with Crippen molar-refractivity contribution in [1.82, 2.24) is 10.2 Å². The van der Waals surface area contributed by atoms with E-state index in [4.69, 9.17) is 5.73 Å². The largest absolute Gasteiger partial charge is 0.369 e. The lowest BCUT2D eigenvalue weighted by atomic mass is 9.80. The Bertz CT molecular complexity index is 468. The van der Waals surface area contributed by atoms with Crippen LogP contribution in [0.5, 0.6) is 0 Å². The SMILES string of the molecule is NC(=O)C1(c2n[nH]c3c2C=NC3)CCCC1. The predicted molar refractivity (Wildman–Crippen MR) is 59.2 cm³/mol. The number of aliphatic imine (C=N–C) groups is 1. The molecule has 0 atom stereocenters. The van der Waals surface area contributed by atoms with E-state index in [-0.39, 0.29) is 5.91 Å². The molecule has 1 aliphatic carbocycles. The maximum atomic E-state index is 11.7. The first kappa shape index (κ1) is 9.57. The summed E-state index contributed by atoms with van der Waals surface area (Å²) in [6.07, 6.45) is 5.52. The van der Waals surface area contributed by atoms with E-state index in [1.807, 2.05) is 0 Å². The number of aromatic nitrogens is 2. The van der Waals surface area contributed by atoms with E-state index in [9.17, 15) is 4.79 Å². The second kappa shape index (κ2) is 3.17. The van der Waals surface area contributed by atoms with Crippen molar-refractivity contribution in [2.24, 2.45) is 10.7 Å². The van der Waals surface area contributed by atoms with Crippen LogP contribution in [-0.2, 0) is 16.8 Å². The van der Waals surface area contributed by atoms with Gasteiger partial charge in [-0.15, -0.1) is 0 Å².